The lowest BCUT2D eigenvalue weighted by atomic mass is 9.84. The average Bonchev–Trinajstić information content (AvgIpc) is 3.29. The van der Waals surface area contributed by atoms with E-state index in [2.05, 4.69) is 80.3 Å². The fourth-order valence-corrected chi connectivity index (χ4v) is 4.95. The van der Waals surface area contributed by atoms with Crippen LogP contribution in [-0.4, -0.2) is 27.2 Å². The summed E-state index contributed by atoms with van der Waals surface area (Å²) in [5.74, 6) is 0.376. The lowest BCUT2D eigenvalue weighted by Crippen LogP contribution is -2.28. The molecule has 0 radical (unpaired) electrons. The van der Waals surface area contributed by atoms with Crippen LogP contribution < -0.4 is 21.3 Å². The van der Waals surface area contributed by atoms with Gasteiger partial charge in [-0.1, -0.05) is 51.6 Å². The summed E-state index contributed by atoms with van der Waals surface area (Å²) in [6.07, 6.45) is 9.49. The second kappa shape index (κ2) is 11.4. The van der Waals surface area contributed by atoms with Gasteiger partial charge in [-0.2, -0.15) is 0 Å². The number of fused-ring (bicyclic) bond motifs is 1. The Morgan fingerprint density at radius 3 is 2.64 bits per heavy atom. The van der Waals surface area contributed by atoms with Gasteiger partial charge in [0.1, 0.15) is 0 Å². The molecule has 0 bridgehead atoms. The van der Waals surface area contributed by atoms with Crippen LogP contribution in [0.5, 0.6) is 0 Å². The second-order valence-electron chi connectivity index (χ2n) is 9.19. The van der Waals surface area contributed by atoms with Crippen LogP contribution in [0.25, 0.3) is 16.8 Å². The molecule has 2 aromatic carbocycles. The number of nitrogens with two attached hydrogens (primary N) is 1. The molecule has 4 heteroatoms. The van der Waals surface area contributed by atoms with Gasteiger partial charge in [0.15, 0.2) is 0 Å². The molecule has 4 N–H and O–H groups in total. The largest absolute Gasteiger partial charge is 0.398 e. The average molecular weight is 447 g/mol. The number of hydrogen-bond acceptors (Lipinski definition) is 4. The first-order valence-electron chi connectivity index (χ1n) is 12.5. The van der Waals surface area contributed by atoms with Gasteiger partial charge in [0.2, 0.25) is 0 Å². The van der Waals surface area contributed by atoms with Crippen LogP contribution in [0.2, 0.25) is 0 Å². The molecule has 0 spiro atoms. The molecule has 4 nitrogen and oxygen atoms in total. The lowest BCUT2D eigenvalue weighted by molar-refractivity contribution is 0.735. The number of nitrogens with one attached hydrogen (secondary N) is 2. The van der Waals surface area contributed by atoms with Gasteiger partial charge < -0.3 is 21.3 Å². The Hall–Kier alpha value is -2.72. The van der Waals surface area contributed by atoms with E-state index in [0.29, 0.717) is 5.92 Å². The molecule has 3 rings (SSSR count). The highest BCUT2D eigenvalue weighted by Crippen LogP contribution is 2.45. The summed E-state index contributed by atoms with van der Waals surface area (Å²) in [5.41, 5.74) is 17.8. The van der Waals surface area contributed by atoms with E-state index in [0.717, 1.165) is 48.6 Å². The monoisotopic (exact) mass is 446 g/mol. The summed E-state index contributed by atoms with van der Waals surface area (Å²) in [5, 5.41) is 6.79. The first kappa shape index (κ1) is 24.9. The number of hydrogen-bond donors (Lipinski definition) is 3. The minimum atomic E-state index is 0.376. The summed E-state index contributed by atoms with van der Waals surface area (Å²) in [6, 6.07) is 9.44. The number of aryl methyl sites for hydroxylation is 2. The predicted octanol–water partition coefficient (Wildman–Crippen LogP) is 6.28. The number of rotatable bonds is 11. The molecule has 1 atom stereocenters. The molecule has 2 aromatic rings. The quantitative estimate of drug-likeness (QED) is 0.380. The van der Waals surface area contributed by atoms with Gasteiger partial charge in [0, 0.05) is 37.1 Å². The number of allylic oxidation sites excluding steroid dienone is 1. The second-order valence-corrected chi connectivity index (χ2v) is 9.19. The molecule has 0 heterocycles. The van der Waals surface area contributed by atoms with Gasteiger partial charge in [-0.3, -0.25) is 0 Å². The Balaban J connectivity index is 2.36. The van der Waals surface area contributed by atoms with Gasteiger partial charge in [-0.25, -0.2) is 0 Å². The molecule has 0 unspecified atom stereocenters. The zero-order chi connectivity index (χ0) is 24.0. The Kier molecular flexibility index (Phi) is 8.62. The van der Waals surface area contributed by atoms with E-state index in [1.54, 1.807) is 6.20 Å². The van der Waals surface area contributed by atoms with Gasteiger partial charge in [-0.15, -0.1) is 0 Å². The van der Waals surface area contributed by atoms with Crippen molar-refractivity contribution in [3.05, 3.63) is 65.4 Å². The highest BCUT2D eigenvalue weighted by atomic mass is 15.1. The number of anilines is 2. The third-order valence-corrected chi connectivity index (χ3v) is 6.93. The maximum Gasteiger partial charge on any atom is 0.0536 e. The molecular weight excluding hydrogens is 404 g/mol. The van der Waals surface area contributed by atoms with Crippen molar-refractivity contribution in [3.63, 3.8) is 0 Å². The Morgan fingerprint density at radius 2 is 1.97 bits per heavy atom. The Morgan fingerprint density at radius 1 is 1.21 bits per heavy atom. The van der Waals surface area contributed by atoms with E-state index >= 15 is 0 Å². The molecule has 0 amide bonds. The zero-order valence-corrected chi connectivity index (χ0v) is 21.2. The number of benzene rings is 2. The molecule has 0 aliphatic heterocycles. The first-order chi connectivity index (χ1) is 16.0. The summed E-state index contributed by atoms with van der Waals surface area (Å²) in [4.78, 5) is 2.31. The van der Waals surface area contributed by atoms with Crippen molar-refractivity contribution in [2.75, 3.05) is 37.4 Å². The van der Waals surface area contributed by atoms with Crippen LogP contribution in [0.3, 0.4) is 0 Å². The molecule has 0 aromatic heterocycles. The van der Waals surface area contributed by atoms with E-state index < -0.39 is 0 Å². The summed E-state index contributed by atoms with van der Waals surface area (Å²) < 4.78 is 0. The van der Waals surface area contributed by atoms with Crippen LogP contribution in [0.15, 0.2) is 43.1 Å². The Labute approximate surface area is 201 Å². The lowest BCUT2D eigenvalue weighted by Gasteiger charge is -2.30. The molecular formula is C29H42N4. The topological polar surface area (TPSA) is 53.3 Å². The Bertz CT molecular complexity index is 1010. The summed E-state index contributed by atoms with van der Waals surface area (Å²) in [7, 11) is 4.15. The van der Waals surface area contributed by atoms with Crippen LogP contribution in [0.4, 0.5) is 11.4 Å². The highest BCUT2D eigenvalue weighted by molar-refractivity contribution is 5.93. The van der Waals surface area contributed by atoms with Gasteiger partial charge in [0.05, 0.1) is 5.69 Å². The molecule has 0 saturated heterocycles. The smallest absolute Gasteiger partial charge is 0.0536 e. The van der Waals surface area contributed by atoms with Crippen molar-refractivity contribution >= 4 is 17.1 Å². The van der Waals surface area contributed by atoms with E-state index in [1.165, 1.54) is 47.1 Å². The van der Waals surface area contributed by atoms with Gasteiger partial charge in [-0.05, 0) is 85.2 Å². The maximum atomic E-state index is 6.72. The van der Waals surface area contributed by atoms with Crippen LogP contribution in [-0.2, 0) is 12.8 Å². The molecule has 0 fully saturated rings. The maximum absolute atomic E-state index is 6.72. The molecule has 0 saturated carbocycles. The van der Waals surface area contributed by atoms with Crippen molar-refractivity contribution in [2.45, 2.75) is 58.8 Å². The zero-order valence-electron chi connectivity index (χ0n) is 21.2. The van der Waals surface area contributed by atoms with Crippen molar-refractivity contribution in [3.8, 4) is 11.1 Å². The number of likely N-dealkylation sites (N-methyl/N-ethyl adjacent to an activating group) is 2. The van der Waals surface area contributed by atoms with Crippen molar-refractivity contribution in [2.24, 2.45) is 5.73 Å². The normalized spacial score (nSPS) is 14.2. The first-order valence-corrected chi connectivity index (χ1v) is 12.5. The van der Waals surface area contributed by atoms with Gasteiger partial charge in [0.25, 0.3) is 0 Å². The summed E-state index contributed by atoms with van der Waals surface area (Å²) >= 11 is 0. The fraction of sp³-hybridized carbons (Fsp3) is 0.448. The molecule has 1 aliphatic rings. The minimum Gasteiger partial charge on any atom is -0.398 e. The van der Waals surface area contributed by atoms with E-state index in [-0.39, 0.29) is 0 Å². The fourth-order valence-electron chi connectivity index (χ4n) is 4.95. The van der Waals surface area contributed by atoms with Crippen LogP contribution >= 0.6 is 0 Å². The number of nitrogens with zero attached hydrogens (tertiary/aromatic N) is 1. The third-order valence-electron chi connectivity index (χ3n) is 6.93. The van der Waals surface area contributed by atoms with E-state index in [1.807, 2.05) is 7.05 Å². The van der Waals surface area contributed by atoms with Crippen molar-refractivity contribution < 1.29 is 0 Å². The molecule has 178 valence electrons. The van der Waals surface area contributed by atoms with E-state index in [9.17, 15) is 0 Å². The van der Waals surface area contributed by atoms with Crippen LogP contribution in [0.1, 0.15) is 68.2 Å². The van der Waals surface area contributed by atoms with Crippen molar-refractivity contribution in [1.29, 1.82) is 0 Å². The SMILES string of the molecule is C=CNc1c(C(N)=CCC)c(N(C)CCNC)cc(-c2ccc3c(c2)CCC3)c1[C@H](C)CC. The standard InChI is InChI=1S/C29H42N4/c1-7-11-25(30)28-26(33(6)17-16-31-5)19-24(27(20(4)8-2)29(28)32-9-3)23-15-14-21-12-10-13-22(21)18-23/h9,11,14-15,18-20,31-32H,3,7-8,10,12-13,16-17,30H2,1-2,4-6H3/t20-/m1/s1. The predicted molar refractivity (Wildman–Crippen MR) is 146 cm³/mol. The van der Waals surface area contributed by atoms with Gasteiger partial charge >= 0.3 is 0 Å². The minimum absolute atomic E-state index is 0.376. The molecule has 33 heavy (non-hydrogen) atoms. The van der Waals surface area contributed by atoms with E-state index in [4.69, 9.17) is 5.73 Å². The summed E-state index contributed by atoms with van der Waals surface area (Å²) in [6.45, 7) is 12.5. The molecule has 1 aliphatic carbocycles. The highest BCUT2D eigenvalue weighted by Gasteiger charge is 2.25. The third kappa shape index (κ3) is 5.27. The van der Waals surface area contributed by atoms with Crippen molar-refractivity contribution in [1.82, 2.24) is 5.32 Å². The van der Waals surface area contributed by atoms with Crippen LogP contribution in [0, 0.1) is 0 Å².